The predicted molar refractivity (Wildman–Crippen MR) is 55.4 cm³/mol. The highest BCUT2D eigenvalue weighted by molar-refractivity contribution is 5.85. The van der Waals surface area contributed by atoms with Crippen LogP contribution in [0.15, 0.2) is 30.1 Å². The van der Waals surface area contributed by atoms with Gasteiger partial charge in [0.05, 0.1) is 0 Å². The number of allylic oxidation sites excluding steroid dienone is 1. The summed E-state index contributed by atoms with van der Waals surface area (Å²) in [5.41, 5.74) is 3.48. The molecule has 2 heteroatoms. The second-order valence-corrected chi connectivity index (χ2v) is 3.36. The lowest BCUT2D eigenvalue weighted by Crippen LogP contribution is -1.79. The lowest BCUT2D eigenvalue weighted by Gasteiger charge is -1.96. The van der Waals surface area contributed by atoms with Crippen LogP contribution in [0.2, 0.25) is 0 Å². The van der Waals surface area contributed by atoms with Crippen LogP contribution in [-0.4, -0.2) is 9.97 Å². The van der Waals surface area contributed by atoms with Crippen molar-refractivity contribution in [3.63, 3.8) is 0 Å². The molecule has 2 aromatic rings. The lowest BCUT2D eigenvalue weighted by atomic mass is 10.1. The fraction of sp³-hybridized carbons (Fsp3) is 0.182. The maximum absolute atomic E-state index is 4.22. The van der Waals surface area contributed by atoms with Gasteiger partial charge in [-0.1, -0.05) is 11.6 Å². The molecule has 0 bridgehead atoms. The smallest absolute Gasteiger partial charge is 0.137 e. The first-order chi connectivity index (χ1) is 6.27. The van der Waals surface area contributed by atoms with E-state index in [0.717, 1.165) is 5.65 Å². The van der Waals surface area contributed by atoms with Crippen LogP contribution in [0.5, 0.6) is 0 Å². The van der Waals surface area contributed by atoms with Crippen LogP contribution < -0.4 is 0 Å². The van der Waals surface area contributed by atoms with Crippen molar-refractivity contribution in [2.45, 2.75) is 13.8 Å². The molecule has 0 aliphatic carbocycles. The van der Waals surface area contributed by atoms with Crippen LogP contribution in [0.1, 0.15) is 19.4 Å². The summed E-state index contributed by atoms with van der Waals surface area (Å²) < 4.78 is 0. The van der Waals surface area contributed by atoms with Crippen molar-refractivity contribution in [2.75, 3.05) is 0 Å². The van der Waals surface area contributed by atoms with E-state index in [2.05, 4.69) is 36.0 Å². The molecule has 0 unspecified atom stereocenters. The average Bonchev–Trinajstić information content (AvgIpc) is 2.51. The fourth-order valence-corrected chi connectivity index (χ4v) is 1.42. The van der Waals surface area contributed by atoms with E-state index in [9.17, 15) is 0 Å². The van der Waals surface area contributed by atoms with Gasteiger partial charge in [-0.3, -0.25) is 0 Å². The fourth-order valence-electron chi connectivity index (χ4n) is 1.42. The molecule has 2 rings (SSSR count). The van der Waals surface area contributed by atoms with Gasteiger partial charge in [0.15, 0.2) is 0 Å². The van der Waals surface area contributed by atoms with Gasteiger partial charge in [-0.2, -0.15) is 0 Å². The Labute approximate surface area is 77.3 Å². The van der Waals surface area contributed by atoms with Crippen molar-refractivity contribution in [1.29, 1.82) is 0 Å². The Morgan fingerprint density at radius 3 is 3.00 bits per heavy atom. The predicted octanol–water partition coefficient (Wildman–Crippen LogP) is 2.99. The van der Waals surface area contributed by atoms with Crippen LogP contribution in [0.3, 0.4) is 0 Å². The van der Waals surface area contributed by atoms with Gasteiger partial charge < -0.3 is 4.98 Å². The summed E-state index contributed by atoms with van der Waals surface area (Å²) in [5, 5.41) is 1.18. The molecule has 0 atom stereocenters. The molecule has 2 aromatic heterocycles. The van der Waals surface area contributed by atoms with Gasteiger partial charge in [-0.25, -0.2) is 4.98 Å². The summed E-state index contributed by atoms with van der Waals surface area (Å²) in [5.74, 6) is 0. The molecule has 0 saturated carbocycles. The summed E-state index contributed by atoms with van der Waals surface area (Å²) in [6.07, 6.45) is 5.91. The van der Waals surface area contributed by atoms with Crippen LogP contribution in [0.4, 0.5) is 0 Å². The quantitative estimate of drug-likeness (QED) is 0.703. The molecule has 1 N–H and O–H groups in total. The molecule has 0 radical (unpaired) electrons. The largest absolute Gasteiger partial charge is 0.346 e. The lowest BCUT2D eigenvalue weighted by molar-refractivity contribution is 1.32. The second-order valence-electron chi connectivity index (χ2n) is 3.36. The van der Waals surface area contributed by atoms with Crippen LogP contribution in [0, 0.1) is 0 Å². The van der Waals surface area contributed by atoms with Gasteiger partial charge in [0.1, 0.15) is 5.65 Å². The Hall–Kier alpha value is -1.57. The third-order valence-corrected chi connectivity index (χ3v) is 1.94. The zero-order chi connectivity index (χ0) is 9.26. The summed E-state index contributed by atoms with van der Waals surface area (Å²) in [4.78, 5) is 7.32. The van der Waals surface area contributed by atoms with E-state index in [-0.39, 0.29) is 0 Å². The number of nitrogens with zero attached hydrogens (tertiary/aromatic N) is 1. The molecule has 0 aromatic carbocycles. The maximum atomic E-state index is 4.22. The van der Waals surface area contributed by atoms with E-state index < -0.39 is 0 Å². The molecule has 2 nitrogen and oxygen atoms in total. The number of hydrogen-bond acceptors (Lipinski definition) is 1. The molecule has 0 aliphatic rings. The van der Waals surface area contributed by atoms with E-state index in [1.165, 1.54) is 16.5 Å². The van der Waals surface area contributed by atoms with Crippen molar-refractivity contribution >= 4 is 17.1 Å². The van der Waals surface area contributed by atoms with E-state index in [1.807, 2.05) is 18.5 Å². The van der Waals surface area contributed by atoms with Crippen molar-refractivity contribution in [1.82, 2.24) is 9.97 Å². The first kappa shape index (κ1) is 8.05. The number of pyridine rings is 1. The first-order valence-corrected chi connectivity index (χ1v) is 4.34. The zero-order valence-electron chi connectivity index (χ0n) is 7.83. The highest BCUT2D eigenvalue weighted by Gasteiger charge is 1.98. The molecular formula is C11H12N2. The molecule has 2 heterocycles. The van der Waals surface area contributed by atoms with E-state index >= 15 is 0 Å². The van der Waals surface area contributed by atoms with Gasteiger partial charge in [0, 0.05) is 17.8 Å². The zero-order valence-corrected chi connectivity index (χ0v) is 7.83. The minimum Gasteiger partial charge on any atom is -0.346 e. The van der Waals surface area contributed by atoms with Gasteiger partial charge in [-0.05, 0) is 31.5 Å². The Balaban J connectivity index is 2.68. The second kappa shape index (κ2) is 3.05. The molecule has 0 fully saturated rings. The number of hydrogen-bond donors (Lipinski definition) is 1. The monoisotopic (exact) mass is 172 g/mol. The highest BCUT2D eigenvalue weighted by atomic mass is 14.8. The van der Waals surface area contributed by atoms with Gasteiger partial charge >= 0.3 is 0 Å². The van der Waals surface area contributed by atoms with Crippen molar-refractivity contribution in [3.05, 3.63) is 35.7 Å². The number of nitrogens with one attached hydrogen (secondary N) is 1. The maximum Gasteiger partial charge on any atom is 0.137 e. The van der Waals surface area contributed by atoms with Crippen LogP contribution in [0.25, 0.3) is 17.1 Å². The van der Waals surface area contributed by atoms with Crippen LogP contribution >= 0.6 is 0 Å². The molecule has 0 aliphatic heterocycles. The minimum absolute atomic E-state index is 0.954. The first-order valence-electron chi connectivity index (χ1n) is 4.34. The highest BCUT2D eigenvalue weighted by Crippen LogP contribution is 2.17. The molecular weight excluding hydrogens is 160 g/mol. The van der Waals surface area contributed by atoms with Crippen molar-refractivity contribution in [2.24, 2.45) is 0 Å². The SMILES string of the molecule is CC(C)=Cc1ccnc2[nH]ccc12. The number of aromatic nitrogens is 2. The van der Waals surface area contributed by atoms with Gasteiger partial charge in [0.25, 0.3) is 0 Å². The minimum atomic E-state index is 0.954. The molecule has 0 saturated heterocycles. The van der Waals surface area contributed by atoms with E-state index in [4.69, 9.17) is 0 Å². The van der Waals surface area contributed by atoms with Gasteiger partial charge in [0.2, 0.25) is 0 Å². The number of aromatic amines is 1. The third kappa shape index (κ3) is 1.47. The molecule has 0 amide bonds. The molecule has 13 heavy (non-hydrogen) atoms. The number of H-pyrrole nitrogens is 1. The Bertz CT molecular complexity index is 448. The Morgan fingerprint density at radius 1 is 1.38 bits per heavy atom. The van der Waals surface area contributed by atoms with Crippen LogP contribution in [-0.2, 0) is 0 Å². The van der Waals surface area contributed by atoms with E-state index in [1.54, 1.807) is 0 Å². The average molecular weight is 172 g/mol. The summed E-state index contributed by atoms with van der Waals surface area (Å²) >= 11 is 0. The third-order valence-electron chi connectivity index (χ3n) is 1.94. The normalized spacial score (nSPS) is 10.3. The summed E-state index contributed by atoms with van der Waals surface area (Å²) in [7, 11) is 0. The summed E-state index contributed by atoms with van der Waals surface area (Å²) in [6.45, 7) is 4.19. The van der Waals surface area contributed by atoms with E-state index in [0.29, 0.717) is 0 Å². The standard InChI is InChI=1S/C11H12N2/c1-8(2)7-9-3-5-12-11-10(9)4-6-13-11/h3-7H,1-2H3,(H,12,13). The van der Waals surface area contributed by atoms with Crippen molar-refractivity contribution < 1.29 is 0 Å². The van der Waals surface area contributed by atoms with Crippen molar-refractivity contribution in [3.8, 4) is 0 Å². The summed E-state index contributed by atoms with van der Waals surface area (Å²) in [6, 6.07) is 4.08. The number of rotatable bonds is 1. The molecule has 66 valence electrons. The topological polar surface area (TPSA) is 28.7 Å². The number of fused-ring (bicyclic) bond motifs is 1. The Morgan fingerprint density at radius 2 is 2.23 bits per heavy atom. The van der Waals surface area contributed by atoms with Gasteiger partial charge in [-0.15, -0.1) is 0 Å². The Kier molecular flexibility index (Phi) is 1.89. The molecule has 0 spiro atoms.